The Balaban J connectivity index is 0.00000364. The van der Waals surface area contributed by atoms with E-state index in [1.165, 1.54) is 6.07 Å². The molecule has 154 valence electrons. The molecule has 1 aliphatic heterocycles. The van der Waals surface area contributed by atoms with Gasteiger partial charge in [-0.1, -0.05) is 0 Å². The Labute approximate surface area is 177 Å². The normalized spacial score (nSPS) is 18.2. The minimum atomic E-state index is -3.30. The molecule has 11 heteroatoms. The summed E-state index contributed by atoms with van der Waals surface area (Å²) < 4.78 is 39.3. The van der Waals surface area contributed by atoms with Gasteiger partial charge in [0.1, 0.15) is 0 Å². The van der Waals surface area contributed by atoms with Crippen LogP contribution in [0.3, 0.4) is 0 Å². The number of aliphatic imine (C=N–C) groups is 1. The average Bonchev–Trinajstić information content (AvgIpc) is 2.98. The van der Waals surface area contributed by atoms with Crippen molar-refractivity contribution in [3.05, 3.63) is 24.1 Å². The van der Waals surface area contributed by atoms with Crippen LogP contribution in [0.5, 0.6) is 0 Å². The number of guanidine groups is 1. The zero-order valence-electron chi connectivity index (χ0n) is 16.0. The van der Waals surface area contributed by atoms with Gasteiger partial charge in [0.2, 0.25) is 10.0 Å². The Kier molecular flexibility index (Phi) is 8.67. The van der Waals surface area contributed by atoms with Gasteiger partial charge < -0.3 is 15.5 Å². The number of halogens is 2. The van der Waals surface area contributed by atoms with Gasteiger partial charge in [0, 0.05) is 44.5 Å². The van der Waals surface area contributed by atoms with E-state index in [9.17, 15) is 12.8 Å². The summed E-state index contributed by atoms with van der Waals surface area (Å²) >= 11 is 0. The lowest BCUT2D eigenvalue weighted by molar-refractivity contribution is 0.445. The van der Waals surface area contributed by atoms with Crippen LogP contribution in [0.1, 0.15) is 20.3 Å². The molecular formula is C16H28FIN6O2S. The number of hydrogen-bond acceptors (Lipinski definition) is 5. The molecule has 1 aromatic rings. The standard InChI is InChI=1S/C16H27FN6O2S.HI/c1-16(2,22-26(4,24)25)11-20-15(18-3)21-12-7-9-23(10-12)14-13(17)6-5-8-19-14;/h5-6,8,12,22H,7,9-11H2,1-4H3,(H2,18,20,21);1H. The number of sulfonamides is 1. The second-order valence-corrected chi connectivity index (χ2v) is 8.82. The number of anilines is 1. The van der Waals surface area contributed by atoms with Gasteiger partial charge in [-0.05, 0) is 32.4 Å². The molecule has 2 heterocycles. The predicted molar refractivity (Wildman–Crippen MR) is 117 cm³/mol. The van der Waals surface area contributed by atoms with Crippen molar-refractivity contribution in [1.29, 1.82) is 0 Å². The molecule has 0 aliphatic carbocycles. The van der Waals surface area contributed by atoms with Crippen LogP contribution in [0.15, 0.2) is 23.3 Å². The van der Waals surface area contributed by atoms with Crippen LogP contribution in [0, 0.1) is 5.82 Å². The van der Waals surface area contributed by atoms with Crippen LogP contribution in [-0.4, -0.2) is 63.9 Å². The Morgan fingerprint density at radius 1 is 1.48 bits per heavy atom. The maximum absolute atomic E-state index is 13.9. The molecule has 0 saturated carbocycles. The van der Waals surface area contributed by atoms with Crippen molar-refractivity contribution in [1.82, 2.24) is 20.3 Å². The zero-order chi connectivity index (χ0) is 19.4. The summed E-state index contributed by atoms with van der Waals surface area (Å²) in [4.78, 5) is 10.2. The second-order valence-electron chi connectivity index (χ2n) is 7.07. The van der Waals surface area contributed by atoms with Gasteiger partial charge in [-0.3, -0.25) is 4.99 Å². The molecule has 8 nitrogen and oxygen atoms in total. The first-order valence-corrected chi connectivity index (χ1v) is 10.3. The lowest BCUT2D eigenvalue weighted by atomic mass is 10.1. The van der Waals surface area contributed by atoms with E-state index >= 15 is 0 Å². The van der Waals surface area contributed by atoms with Gasteiger partial charge in [-0.25, -0.2) is 22.5 Å². The van der Waals surface area contributed by atoms with Crippen LogP contribution < -0.4 is 20.3 Å². The van der Waals surface area contributed by atoms with E-state index < -0.39 is 15.6 Å². The molecule has 1 fully saturated rings. The van der Waals surface area contributed by atoms with Gasteiger partial charge in [0.05, 0.1) is 6.26 Å². The molecule has 2 rings (SSSR count). The van der Waals surface area contributed by atoms with Gasteiger partial charge in [-0.2, -0.15) is 0 Å². The minimum absolute atomic E-state index is 0. The zero-order valence-corrected chi connectivity index (χ0v) is 19.1. The number of nitrogens with one attached hydrogen (secondary N) is 3. The van der Waals surface area contributed by atoms with Crippen molar-refractivity contribution in [2.75, 3.05) is 37.8 Å². The average molecular weight is 514 g/mol. The van der Waals surface area contributed by atoms with Crippen LogP contribution in [0.4, 0.5) is 10.2 Å². The van der Waals surface area contributed by atoms with Crippen LogP contribution in [0.2, 0.25) is 0 Å². The fourth-order valence-corrected chi connectivity index (χ4v) is 3.99. The van der Waals surface area contributed by atoms with Gasteiger partial charge in [0.25, 0.3) is 0 Å². The molecule has 27 heavy (non-hydrogen) atoms. The third kappa shape index (κ3) is 7.74. The van der Waals surface area contributed by atoms with Crippen molar-refractivity contribution in [3.8, 4) is 0 Å². The summed E-state index contributed by atoms with van der Waals surface area (Å²) in [6.45, 7) is 5.25. The predicted octanol–water partition coefficient (Wildman–Crippen LogP) is 0.910. The highest BCUT2D eigenvalue weighted by Crippen LogP contribution is 2.20. The summed E-state index contributed by atoms with van der Waals surface area (Å²) in [5, 5.41) is 6.42. The van der Waals surface area contributed by atoms with E-state index in [1.54, 1.807) is 33.2 Å². The summed E-state index contributed by atoms with van der Waals surface area (Å²) in [6, 6.07) is 3.07. The fourth-order valence-electron chi connectivity index (χ4n) is 2.91. The number of hydrogen-bond donors (Lipinski definition) is 3. The molecule has 1 saturated heterocycles. The number of pyridine rings is 1. The first-order chi connectivity index (χ1) is 12.1. The van der Waals surface area contributed by atoms with E-state index in [0.717, 1.165) is 12.7 Å². The third-order valence-corrected chi connectivity index (χ3v) is 4.87. The Morgan fingerprint density at radius 3 is 2.78 bits per heavy atom. The topological polar surface area (TPSA) is 98.7 Å². The Hall–Kier alpha value is -1.21. The quantitative estimate of drug-likeness (QED) is 0.297. The fraction of sp³-hybridized carbons (Fsp3) is 0.625. The van der Waals surface area contributed by atoms with Crippen LogP contribution in [-0.2, 0) is 10.0 Å². The van der Waals surface area contributed by atoms with E-state index in [1.807, 2.05) is 4.90 Å². The van der Waals surface area contributed by atoms with Crippen molar-refractivity contribution < 1.29 is 12.8 Å². The smallest absolute Gasteiger partial charge is 0.209 e. The van der Waals surface area contributed by atoms with Crippen LogP contribution in [0.25, 0.3) is 0 Å². The van der Waals surface area contributed by atoms with E-state index in [-0.39, 0.29) is 35.8 Å². The number of nitrogens with zero attached hydrogens (tertiary/aromatic N) is 3. The van der Waals surface area contributed by atoms with Crippen molar-refractivity contribution in [2.24, 2.45) is 4.99 Å². The summed E-state index contributed by atoms with van der Waals surface area (Å²) in [5.74, 6) is 0.601. The highest BCUT2D eigenvalue weighted by atomic mass is 127. The lowest BCUT2D eigenvalue weighted by Gasteiger charge is -2.27. The first kappa shape index (κ1) is 23.8. The van der Waals surface area contributed by atoms with Gasteiger partial charge in [-0.15, -0.1) is 24.0 Å². The largest absolute Gasteiger partial charge is 0.355 e. The second kappa shape index (κ2) is 9.82. The molecule has 3 N–H and O–H groups in total. The third-order valence-electron chi connectivity index (χ3n) is 3.95. The molecule has 0 spiro atoms. The van der Waals surface area contributed by atoms with Crippen molar-refractivity contribution in [3.63, 3.8) is 0 Å². The van der Waals surface area contributed by atoms with E-state index in [0.29, 0.717) is 31.4 Å². The minimum Gasteiger partial charge on any atom is -0.355 e. The first-order valence-electron chi connectivity index (χ1n) is 8.41. The van der Waals surface area contributed by atoms with E-state index in [4.69, 9.17) is 0 Å². The monoisotopic (exact) mass is 514 g/mol. The van der Waals surface area contributed by atoms with Gasteiger partial charge in [0.15, 0.2) is 17.6 Å². The highest BCUT2D eigenvalue weighted by molar-refractivity contribution is 14.0. The molecule has 0 aromatic carbocycles. The summed E-state index contributed by atoms with van der Waals surface area (Å²) in [7, 11) is -1.65. The highest BCUT2D eigenvalue weighted by Gasteiger charge is 2.27. The number of aromatic nitrogens is 1. The molecular weight excluding hydrogens is 486 g/mol. The maximum Gasteiger partial charge on any atom is 0.209 e. The SMILES string of the molecule is CN=C(NCC(C)(C)NS(C)(=O)=O)NC1CCN(c2ncccc2F)C1.I. The van der Waals surface area contributed by atoms with Crippen molar-refractivity contribution in [2.45, 2.75) is 31.8 Å². The van der Waals surface area contributed by atoms with Crippen LogP contribution >= 0.6 is 24.0 Å². The molecule has 0 amide bonds. The Bertz CT molecular complexity index is 759. The lowest BCUT2D eigenvalue weighted by Crippen LogP contribution is -2.54. The summed E-state index contributed by atoms with van der Waals surface area (Å²) in [5.41, 5.74) is -0.663. The molecule has 1 aromatic heterocycles. The number of rotatable bonds is 6. The molecule has 1 unspecified atom stereocenters. The Morgan fingerprint density at radius 2 is 2.19 bits per heavy atom. The van der Waals surface area contributed by atoms with Crippen molar-refractivity contribution >= 4 is 45.8 Å². The van der Waals surface area contributed by atoms with Gasteiger partial charge >= 0.3 is 0 Å². The maximum atomic E-state index is 13.9. The van der Waals surface area contributed by atoms with E-state index in [2.05, 4.69) is 25.3 Å². The molecule has 0 radical (unpaired) electrons. The molecule has 1 atom stereocenters. The molecule has 0 bridgehead atoms. The summed E-state index contributed by atoms with van der Waals surface area (Å²) in [6.07, 6.45) is 3.53. The molecule has 1 aliphatic rings.